The second kappa shape index (κ2) is 20.0. The summed E-state index contributed by atoms with van der Waals surface area (Å²) in [5.41, 5.74) is 29.8. The van der Waals surface area contributed by atoms with Crippen molar-refractivity contribution in [2.45, 2.75) is 129 Å². The van der Waals surface area contributed by atoms with Crippen LogP contribution in [0.4, 0.5) is 0 Å². The summed E-state index contributed by atoms with van der Waals surface area (Å²) in [5, 5.41) is 97.9. The normalized spacial score (nSPS) is 43.7. The minimum Gasteiger partial charge on any atom is -0.394 e. The number of hydrogen-bond acceptors (Lipinski definition) is 22. The third kappa shape index (κ3) is 10.6. The van der Waals surface area contributed by atoms with Gasteiger partial charge in [-0.2, -0.15) is 0 Å². The van der Waals surface area contributed by atoms with Crippen molar-refractivity contribution in [1.82, 2.24) is 10.6 Å². The lowest BCUT2D eigenvalue weighted by atomic mass is 9.83. The first-order valence-corrected chi connectivity index (χ1v) is 17.4. The number of aliphatic hydroxyl groups is 9. The van der Waals surface area contributed by atoms with Crippen LogP contribution < -0.4 is 39.3 Å². The van der Waals surface area contributed by atoms with Gasteiger partial charge in [0.25, 0.3) is 5.91 Å². The number of nitrogens with one attached hydrogen (secondary N) is 2. The molecule has 2 saturated heterocycles. The molecule has 0 aromatic carbocycles. The SMILES string of the molecule is NC[C@@H](O)C(O)C(=O)N[C@@H]1C[C@H](N)[C@@H](O[C@H]2O[C@H](CNCC(O)CO)C=C[C@H]2N)[C@H](O[C@@H]2O[C@H](CO)[C@@H](O[C@H]3O[C@@H](CN)[C@@H](O)[C@H](O)[C@H]3N)[C@H]2O)[C@H]1O. The molecule has 21 N–H and O–H groups in total. The van der Waals surface area contributed by atoms with Gasteiger partial charge in [-0.3, -0.25) is 4.79 Å². The molecule has 1 aliphatic carbocycles. The maximum absolute atomic E-state index is 12.8. The van der Waals surface area contributed by atoms with E-state index >= 15 is 0 Å². The molecule has 2 unspecified atom stereocenters. The van der Waals surface area contributed by atoms with E-state index in [-0.39, 0.29) is 26.1 Å². The molecule has 23 nitrogen and oxygen atoms in total. The van der Waals surface area contributed by atoms with Crippen molar-refractivity contribution in [2.24, 2.45) is 28.7 Å². The van der Waals surface area contributed by atoms with E-state index < -0.39 is 148 Å². The number of carbonyl (C=O) groups excluding carboxylic acids is 1. The highest BCUT2D eigenvalue weighted by molar-refractivity contribution is 5.81. The van der Waals surface area contributed by atoms with Crippen LogP contribution in [0.25, 0.3) is 0 Å². The van der Waals surface area contributed by atoms with E-state index in [0.29, 0.717) is 0 Å². The molecule has 3 fully saturated rings. The molecule has 0 aromatic rings. The Morgan fingerprint density at radius 1 is 0.811 bits per heavy atom. The average molecular weight is 772 g/mol. The summed E-state index contributed by atoms with van der Waals surface area (Å²) < 4.78 is 35.6. The molecule has 3 aliphatic heterocycles. The summed E-state index contributed by atoms with van der Waals surface area (Å²) in [6.45, 7) is -1.56. The first kappa shape index (κ1) is 44.1. The van der Waals surface area contributed by atoms with Crippen LogP contribution in [0.5, 0.6) is 0 Å². The summed E-state index contributed by atoms with van der Waals surface area (Å²) in [5.74, 6) is -1.07. The zero-order valence-electron chi connectivity index (χ0n) is 28.9. The zero-order valence-corrected chi connectivity index (χ0v) is 28.9. The van der Waals surface area contributed by atoms with Crippen LogP contribution >= 0.6 is 0 Å². The number of hydrogen-bond donors (Lipinski definition) is 16. The van der Waals surface area contributed by atoms with Crippen molar-refractivity contribution >= 4 is 5.91 Å². The maximum Gasteiger partial charge on any atom is 0.251 e. The van der Waals surface area contributed by atoms with Crippen LogP contribution in [0, 0.1) is 0 Å². The van der Waals surface area contributed by atoms with Gasteiger partial charge in [0.15, 0.2) is 25.0 Å². The molecule has 4 aliphatic rings. The van der Waals surface area contributed by atoms with E-state index in [1.54, 1.807) is 12.2 Å². The highest BCUT2D eigenvalue weighted by Gasteiger charge is 2.54. The lowest BCUT2D eigenvalue weighted by Gasteiger charge is -2.46. The predicted octanol–water partition coefficient (Wildman–Crippen LogP) is -10.2. The van der Waals surface area contributed by atoms with Crippen LogP contribution in [0.1, 0.15) is 6.42 Å². The van der Waals surface area contributed by atoms with Crippen molar-refractivity contribution in [3.63, 3.8) is 0 Å². The van der Waals surface area contributed by atoms with E-state index in [1.807, 2.05) is 0 Å². The average Bonchev–Trinajstić information content (AvgIpc) is 3.44. The van der Waals surface area contributed by atoms with Gasteiger partial charge in [-0.05, 0) is 6.42 Å². The van der Waals surface area contributed by atoms with Crippen molar-refractivity contribution in [2.75, 3.05) is 39.4 Å². The van der Waals surface area contributed by atoms with E-state index in [0.717, 1.165) is 0 Å². The first-order chi connectivity index (χ1) is 25.1. The molecule has 3 heterocycles. The second-order valence-electron chi connectivity index (χ2n) is 13.6. The van der Waals surface area contributed by atoms with E-state index in [2.05, 4.69) is 10.6 Å². The van der Waals surface area contributed by atoms with Gasteiger partial charge in [0.1, 0.15) is 61.0 Å². The predicted molar refractivity (Wildman–Crippen MR) is 177 cm³/mol. The summed E-state index contributed by atoms with van der Waals surface area (Å²) in [6, 6.07) is -4.41. The molecule has 0 bridgehead atoms. The quantitative estimate of drug-likeness (QED) is 0.0610. The molecule has 1 amide bonds. The Morgan fingerprint density at radius 3 is 2.11 bits per heavy atom. The summed E-state index contributed by atoms with van der Waals surface area (Å²) >= 11 is 0. The zero-order chi connectivity index (χ0) is 39.1. The standard InChI is InChI=1S/C30H57N7O16/c31-4-15(41)20(43)27(47)37-14-3-13(34)24(51-28-12(33)2-1-11(48-28)7-36-6-10(40)8-38)26(19(14)42)53-30-23(46)25(17(9-39)50-30)52-29-18(35)22(45)21(44)16(5-32)49-29/h1-2,10-26,28-30,36,38-46H,3-9,31-35H2,(H,37,47)/t10?,11-,12+,13-,14+,15+,16-,17+,18+,19-,20?,21+,22+,23+,24+,25+,26+,28+,29+,30-/m0/s1. The molecule has 4 rings (SSSR count). The van der Waals surface area contributed by atoms with Crippen LogP contribution in [-0.4, -0.2) is 214 Å². The van der Waals surface area contributed by atoms with E-state index in [9.17, 15) is 45.6 Å². The van der Waals surface area contributed by atoms with Gasteiger partial charge in [0, 0.05) is 32.2 Å². The maximum atomic E-state index is 12.8. The molecule has 1 saturated carbocycles. The van der Waals surface area contributed by atoms with Gasteiger partial charge in [0.2, 0.25) is 0 Å². The lowest BCUT2D eigenvalue weighted by Crippen LogP contribution is -2.67. The van der Waals surface area contributed by atoms with Crippen LogP contribution in [0.2, 0.25) is 0 Å². The van der Waals surface area contributed by atoms with Crippen LogP contribution in [0.15, 0.2) is 12.2 Å². The highest BCUT2D eigenvalue weighted by atomic mass is 16.8. The van der Waals surface area contributed by atoms with Crippen molar-refractivity contribution < 1.29 is 79.2 Å². The molecule has 308 valence electrons. The molecular weight excluding hydrogens is 714 g/mol. The van der Waals surface area contributed by atoms with E-state index in [1.165, 1.54) is 0 Å². The molecule has 20 atom stereocenters. The third-order valence-corrected chi connectivity index (χ3v) is 9.66. The smallest absolute Gasteiger partial charge is 0.251 e. The van der Waals surface area contributed by atoms with Gasteiger partial charge in [-0.1, -0.05) is 12.2 Å². The number of nitrogens with two attached hydrogens (primary N) is 5. The Morgan fingerprint density at radius 2 is 1.47 bits per heavy atom. The molecular formula is C30H57N7O16. The highest BCUT2D eigenvalue weighted by Crippen LogP contribution is 2.34. The van der Waals surface area contributed by atoms with Gasteiger partial charge in [-0.25, -0.2) is 0 Å². The van der Waals surface area contributed by atoms with Gasteiger partial charge in [-0.15, -0.1) is 0 Å². The van der Waals surface area contributed by atoms with Gasteiger partial charge >= 0.3 is 0 Å². The van der Waals surface area contributed by atoms with Crippen LogP contribution in [0.3, 0.4) is 0 Å². The minimum absolute atomic E-state index is 0.0691. The largest absolute Gasteiger partial charge is 0.394 e. The van der Waals surface area contributed by atoms with Crippen molar-refractivity contribution in [3.8, 4) is 0 Å². The minimum atomic E-state index is -1.95. The Bertz CT molecular complexity index is 1170. The van der Waals surface area contributed by atoms with E-state index in [4.69, 9.17) is 62.2 Å². The fraction of sp³-hybridized carbons (Fsp3) is 0.900. The van der Waals surface area contributed by atoms with Crippen molar-refractivity contribution in [3.05, 3.63) is 12.2 Å². The Labute approximate surface area is 304 Å². The Balaban J connectivity index is 1.54. The number of ether oxygens (including phenoxy) is 6. The molecule has 0 aromatic heterocycles. The molecule has 23 heteroatoms. The Kier molecular flexibility index (Phi) is 16.6. The fourth-order valence-electron chi connectivity index (χ4n) is 6.50. The topological polar surface area (TPSA) is 409 Å². The third-order valence-electron chi connectivity index (χ3n) is 9.66. The summed E-state index contributed by atoms with van der Waals surface area (Å²) in [7, 11) is 0. The summed E-state index contributed by atoms with van der Waals surface area (Å²) in [6.07, 6.45) is -19.2. The van der Waals surface area contributed by atoms with Gasteiger partial charge in [0.05, 0.1) is 43.5 Å². The lowest BCUT2D eigenvalue weighted by molar-refractivity contribution is -0.284. The molecule has 53 heavy (non-hydrogen) atoms. The number of carbonyl (C=O) groups is 1. The van der Waals surface area contributed by atoms with Crippen molar-refractivity contribution in [1.29, 1.82) is 0 Å². The number of amides is 1. The fourth-order valence-corrected chi connectivity index (χ4v) is 6.50. The number of rotatable bonds is 17. The first-order valence-electron chi connectivity index (χ1n) is 17.4. The van der Waals surface area contributed by atoms with Gasteiger partial charge < -0.3 is 114 Å². The summed E-state index contributed by atoms with van der Waals surface area (Å²) in [4.78, 5) is 12.8. The Hall–Kier alpha value is -1.63. The number of aliphatic hydroxyl groups excluding tert-OH is 9. The molecule has 0 radical (unpaired) electrons. The van der Waals surface area contributed by atoms with Crippen LogP contribution in [-0.2, 0) is 33.2 Å². The monoisotopic (exact) mass is 771 g/mol. The second-order valence-corrected chi connectivity index (χ2v) is 13.6. The molecule has 0 spiro atoms.